The van der Waals surface area contributed by atoms with E-state index in [1.807, 2.05) is 6.92 Å². The maximum atomic E-state index is 12.3. The van der Waals surface area contributed by atoms with Crippen LogP contribution in [-0.4, -0.2) is 32.4 Å². The number of furan rings is 1. The molecule has 1 aromatic heterocycles. The summed E-state index contributed by atoms with van der Waals surface area (Å²) >= 11 is 3.19. The van der Waals surface area contributed by atoms with Gasteiger partial charge in [-0.05, 0) is 35.2 Å². The molecule has 1 aliphatic carbocycles. The van der Waals surface area contributed by atoms with E-state index in [1.165, 1.54) is 17.1 Å². The van der Waals surface area contributed by atoms with E-state index in [4.69, 9.17) is 4.42 Å². The minimum Gasteiger partial charge on any atom is -0.452 e. The maximum Gasteiger partial charge on any atom is 0.247 e. The van der Waals surface area contributed by atoms with Gasteiger partial charge < -0.3 is 9.73 Å². The van der Waals surface area contributed by atoms with Crippen LogP contribution in [0.3, 0.4) is 0 Å². The fourth-order valence-electron chi connectivity index (χ4n) is 1.80. The van der Waals surface area contributed by atoms with Crippen LogP contribution in [0.2, 0.25) is 0 Å². The van der Waals surface area contributed by atoms with Crippen molar-refractivity contribution in [1.29, 1.82) is 0 Å². The number of rotatable bonds is 7. The van der Waals surface area contributed by atoms with Gasteiger partial charge in [-0.25, -0.2) is 12.7 Å². The van der Waals surface area contributed by atoms with Crippen molar-refractivity contribution in [2.75, 3.05) is 13.6 Å². The minimum atomic E-state index is -3.47. The normalized spacial score (nSPS) is 16.2. The zero-order chi connectivity index (χ0) is 14.0. The van der Waals surface area contributed by atoms with Crippen molar-refractivity contribution in [3.8, 4) is 0 Å². The highest BCUT2D eigenvalue weighted by Gasteiger charge is 2.27. The topological polar surface area (TPSA) is 62.6 Å². The highest BCUT2D eigenvalue weighted by atomic mass is 79.9. The molecule has 5 nitrogen and oxygen atoms in total. The van der Waals surface area contributed by atoms with Crippen molar-refractivity contribution < 1.29 is 12.8 Å². The van der Waals surface area contributed by atoms with E-state index in [9.17, 15) is 8.42 Å². The molecule has 0 unspecified atom stereocenters. The average molecular weight is 351 g/mol. The van der Waals surface area contributed by atoms with Crippen molar-refractivity contribution in [1.82, 2.24) is 9.62 Å². The van der Waals surface area contributed by atoms with E-state index in [1.54, 1.807) is 13.1 Å². The minimum absolute atomic E-state index is 0.205. The highest BCUT2D eigenvalue weighted by molar-refractivity contribution is 9.10. The summed E-state index contributed by atoms with van der Waals surface area (Å²) in [7, 11) is -1.89. The first-order valence-electron chi connectivity index (χ1n) is 6.43. The second kappa shape index (κ2) is 5.95. The molecule has 108 valence electrons. The monoisotopic (exact) mass is 350 g/mol. The third kappa shape index (κ3) is 3.59. The second-order valence-corrected chi connectivity index (χ2v) is 7.57. The van der Waals surface area contributed by atoms with E-state index >= 15 is 0 Å². The van der Waals surface area contributed by atoms with Crippen molar-refractivity contribution in [2.24, 2.45) is 0 Å². The summed E-state index contributed by atoms with van der Waals surface area (Å²) in [5.74, 6) is 0.641. The molecule has 0 bridgehead atoms. The summed E-state index contributed by atoms with van der Waals surface area (Å²) < 4.78 is 31.7. The van der Waals surface area contributed by atoms with Crippen LogP contribution in [0, 0.1) is 0 Å². The summed E-state index contributed by atoms with van der Waals surface area (Å²) in [6.07, 6.45) is 3.15. The van der Waals surface area contributed by atoms with Gasteiger partial charge in [0, 0.05) is 25.7 Å². The first-order valence-corrected chi connectivity index (χ1v) is 8.66. The average Bonchev–Trinajstić information content (AvgIpc) is 3.10. The summed E-state index contributed by atoms with van der Waals surface area (Å²) in [5.41, 5.74) is 0. The third-order valence-electron chi connectivity index (χ3n) is 3.08. The number of hydrogen-bond acceptors (Lipinski definition) is 4. The smallest absolute Gasteiger partial charge is 0.247 e. The number of sulfonamides is 1. The molecular formula is C12H19BrN2O3S. The Bertz CT molecular complexity index is 537. The van der Waals surface area contributed by atoms with Crippen molar-refractivity contribution in [3.05, 3.63) is 16.5 Å². The van der Waals surface area contributed by atoms with Gasteiger partial charge in [-0.1, -0.05) is 6.92 Å². The zero-order valence-corrected chi connectivity index (χ0v) is 13.6. The van der Waals surface area contributed by atoms with Gasteiger partial charge in [0.2, 0.25) is 10.0 Å². The predicted molar refractivity (Wildman–Crippen MR) is 76.4 cm³/mol. The van der Waals surface area contributed by atoms with Crippen molar-refractivity contribution >= 4 is 26.0 Å². The van der Waals surface area contributed by atoms with Crippen LogP contribution in [0.1, 0.15) is 31.9 Å². The van der Waals surface area contributed by atoms with Gasteiger partial charge in [0.15, 0.2) is 4.67 Å². The summed E-state index contributed by atoms with van der Waals surface area (Å²) in [4.78, 5) is 0.205. The molecule has 0 radical (unpaired) electrons. The van der Waals surface area contributed by atoms with Gasteiger partial charge >= 0.3 is 0 Å². The van der Waals surface area contributed by atoms with E-state index in [-0.39, 0.29) is 9.56 Å². The van der Waals surface area contributed by atoms with Gasteiger partial charge in [0.25, 0.3) is 0 Å². The fraction of sp³-hybridized carbons (Fsp3) is 0.667. The Kier molecular flexibility index (Phi) is 4.70. The first-order chi connectivity index (χ1) is 8.95. The lowest BCUT2D eigenvalue weighted by Crippen LogP contribution is -2.27. The van der Waals surface area contributed by atoms with E-state index in [2.05, 4.69) is 21.2 Å². The molecule has 1 aliphatic rings. The van der Waals surface area contributed by atoms with Crippen LogP contribution in [0.4, 0.5) is 0 Å². The summed E-state index contributed by atoms with van der Waals surface area (Å²) in [6, 6.07) is 2.16. The van der Waals surface area contributed by atoms with Crippen LogP contribution in [0.25, 0.3) is 0 Å². The Labute approximate surface area is 122 Å². The lowest BCUT2D eigenvalue weighted by atomic mass is 10.4. The van der Waals surface area contributed by atoms with Gasteiger partial charge in [0.05, 0.1) is 6.54 Å². The number of hydrogen-bond donors (Lipinski definition) is 1. The third-order valence-corrected chi connectivity index (χ3v) is 5.79. The molecule has 0 amide bonds. The van der Waals surface area contributed by atoms with Gasteiger partial charge in [-0.2, -0.15) is 0 Å². The van der Waals surface area contributed by atoms with Gasteiger partial charge in [-0.15, -0.1) is 0 Å². The number of nitrogens with zero attached hydrogens (tertiary/aromatic N) is 1. The predicted octanol–water partition coefficient (Wildman–Crippen LogP) is 2.32. The summed E-state index contributed by atoms with van der Waals surface area (Å²) in [6.45, 7) is 3.01. The molecule has 1 heterocycles. The summed E-state index contributed by atoms with van der Waals surface area (Å²) in [5, 5.41) is 3.30. The van der Waals surface area contributed by atoms with E-state index in [0.29, 0.717) is 24.9 Å². The number of halogens is 1. The van der Waals surface area contributed by atoms with Crippen LogP contribution in [-0.2, 0) is 16.6 Å². The van der Waals surface area contributed by atoms with Crippen LogP contribution in [0.5, 0.6) is 0 Å². The zero-order valence-electron chi connectivity index (χ0n) is 11.1. The van der Waals surface area contributed by atoms with Crippen molar-refractivity contribution in [3.63, 3.8) is 0 Å². The molecule has 7 heteroatoms. The molecule has 19 heavy (non-hydrogen) atoms. The molecule has 0 aliphatic heterocycles. The van der Waals surface area contributed by atoms with Gasteiger partial charge in [0.1, 0.15) is 10.7 Å². The Balaban J connectivity index is 2.14. The molecule has 0 spiro atoms. The first kappa shape index (κ1) is 15.0. The van der Waals surface area contributed by atoms with Crippen LogP contribution in [0.15, 0.2) is 20.0 Å². The Hall–Kier alpha value is -0.370. The molecule has 2 rings (SSSR count). The lowest BCUT2D eigenvalue weighted by molar-refractivity contribution is 0.451. The standard InChI is InChI=1S/C12H19BrN2O3S/c1-3-6-15(2)19(16,17)11-7-10(18-12(11)13)8-14-9-4-5-9/h7,9,14H,3-6,8H2,1-2H3. The fourth-order valence-corrected chi connectivity index (χ4v) is 4.02. The lowest BCUT2D eigenvalue weighted by Gasteiger charge is -2.14. The maximum absolute atomic E-state index is 12.3. The quantitative estimate of drug-likeness (QED) is 0.819. The van der Waals surface area contributed by atoms with E-state index in [0.717, 1.165) is 6.42 Å². The van der Waals surface area contributed by atoms with Crippen LogP contribution < -0.4 is 5.32 Å². The van der Waals surface area contributed by atoms with Gasteiger partial charge in [-0.3, -0.25) is 0 Å². The SMILES string of the molecule is CCCN(C)S(=O)(=O)c1cc(CNC2CC2)oc1Br. The Morgan fingerprint density at radius 3 is 2.79 bits per heavy atom. The molecule has 0 aromatic carbocycles. The molecule has 1 saturated carbocycles. The highest BCUT2D eigenvalue weighted by Crippen LogP contribution is 2.29. The molecule has 1 aromatic rings. The number of nitrogens with one attached hydrogen (secondary N) is 1. The Morgan fingerprint density at radius 2 is 2.21 bits per heavy atom. The molecule has 1 fully saturated rings. The largest absolute Gasteiger partial charge is 0.452 e. The van der Waals surface area contributed by atoms with Crippen molar-refractivity contribution in [2.45, 2.75) is 43.7 Å². The molecular weight excluding hydrogens is 332 g/mol. The molecule has 0 saturated heterocycles. The Morgan fingerprint density at radius 1 is 1.53 bits per heavy atom. The second-order valence-electron chi connectivity index (χ2n) is 4.83. The van der Waals surface area contributed by atoms with Crippen LogP contribution >= 0.6 is 15.9 Å². The molecule has 0 atom stereocenters. The van der Waals surface area contributed by atoms with E-state index < -0.39 is 10.0 Å². The molecule has 1 N–H and O–H groups in total.